The van der Waals surface area contributed by atoms with Crippen LogP contribution in [0.5, 0.6) is 0 Å². The summed E-state index contributed by atoms with van der Waals surface area (Å²) < 4.78 is 0. The molecule has 1 aliphatic carbocycles. The minimum atomic E-state index is 0.411. The second-order valence-electron chi connectivity index (χ2n) is 5.68. The summed E-state index contributed by atoms with van der Waals surface area (Å²) in [6.07, 6.45) is 5.80. The standard InChI is InChI=1S/C13H25N3S/c1-5-14-12(17)16-15-11-8-6-10(7-9-11)13(2,3)4/h8,10,15H,5-7,9H2,1-4H3,(H2,14,16,17)/t10-/m1/s1. The van der Waals surface area contributed by atoms with Gasteiger partial charge in [-0.25, -0.2) is 0 Å². The Labute approximate surface area is 110 Å². The zero-order valence-corrected chi connectivity index (χ0v) is 12.2. The van der Waals surface area contributed by atoms with Gasteiger partial charge < -0.3 is 10.7 Å². The van der Waals surface area contributed by atoms with Gasteiger partial charge >= 0.3 is 0 Å². The molecule has 0 saturated heterocycles. The van der Waals surface area contributed by atoms with Gasteiger partial charge in [0.2, 0.25) is 0 Å². The van der Waals surface area contributed by atoms with E-state index >= 15 is 0 Å². The zero-order valence-electron chi connectivity index (χ0n) is 11.4. The molecule has 4 heteroatoms. The van der Waals surface area contributed by atoms with E-state index in [1.54, 1.807) is 0 Å². The van der Waals surface area contributed by atoms with Crippen LogP contribution in [0.15, 0.2) is 11.8 Å². The third kappa shape index (κ3) is 4.94. The molecule has 0 aromatic heterocycles. The van der Waals surface area contributed by atoms with Crippen molar-refractivity contribution in [3.8, 4) is 0 Å². The van der Waals surface area contributed by atoms with Crippen LogP contribution >= 0.6 is 12.2 Å². The van der Waals surface area contributed by atoms with Gasteiger partial charge in [-0.1, -0.05) is 26.8 Å². The van der Waals surface area contributed by atoms with Crippen LogP contribution in [-0.4, -0.2) is 11.7 Å². The van der Waals surface area contributed by atoms with Crippen molar-refractivity contribution in [3.05, 3.63) is 11.8 Å². The molecule has 0 fully saturated rings. The van der Waals surface area contributed by atoms with Gasteiger partial charge in [0.25, 0.3) is 0 Å². The molecule has 0 spiro atoms. The molecule has 0 bridgehead atoms. The average molecular weight is 255 g/mol. The van der Waals surface area contributed by atoms with Gasteiger partial charge in [-0.15, -0.1) is 0 Å². The highest BCUT2D eigenvalue weighted by atomic mass is 32.1. The lowest BCUT2D eigenvalue weighted by molar-refractivity contribution is 0.218. The topological polar surface area (TPSA) is 36.1 Å². The van der Waals surface area contributed by atoms with Crippen molar-refractivity contribution in [2.24, 2.45) is 11.3 Å². The lowest BCUT2D eigenvalue weighted by atomic mass is 9.74. The second kappa shape index (κ2) is 6.24. The van der Waals surface area contributed by atoms with Crippen molar-refractivity contribution in [1.29, 1.82) is 0 Å². The van der Waals surface area contributed by atoms with Gasteiger partial charge in [0.1, 0.15) is 0 Å². The van der Waals surface area contributed by atoms with Crippen molar-refractivity contribution in [3.63, 3.8) is 0 Å². The van der Waals surface area contributed by atoms with Gasteiger partial charge in [0, 0.05) is 12.2 Å². The van der Waals surface area contributed by atoms with Gasteiger partial charge in [-0.3, -0.25) is 5.43 Å². The van der Waals surface area contributed by atoms with E-state index in [1.807, 2.05) is 6.92 Å². The molecule has 0 unspecified atom stereocenters. The summed E-state index contributed by atoms with van der Waals surface area (Å²) in [7, 11) is 0. The Kier molecular flexibility index (Phi) is 5.25. The summed E-state index contributed by atoms with van der Waals surface area (Å²) in [6, 6.07) is 0. The third-order valence-corrected chi connectivity index (χ3v) is 3.56. The fourth-order valence-corrected chi connectivity index (χ4v) is 2.27. The van der Waals surface area contributed by atoms with Crippen LogP contribution in [0.25, 0.3) is 0 Å². The average Bonchev–Trinajstić information content (AvgIpc) is 2.26. The summed E-state index contributed by atoms with van der Waals surface area (Å²) in [6.45, 7) is 9.84. The van der Waals surface area contributed by atoms with Gasteiger partial charge in [-0.05, 0) is 49.7 Å². The number of hydrogen-bond acceptors (Lipinski definition) is 2. The van der Waals surface area contributed by atoms with Crippen LogP contribution < -0.4 is 16.2 Å². The van der Waals surface area contributed by atoms with E-state index in [1.165, 1.54) is 12.1 Å². The second-order valence-corrected chi connectivity index (χ2v) is 6.08. The first-order chi connectivity index (χ1) is 7.93. The smallest absolute Gasteiger partial charge is 0.185 e. The molecule has 0 saturated carbocycles. The summed E-state index contributed by atoms with van der Waals surface area (Å²) in [5, 5.41) is 3.71. The predicted molar refractivity (Wildman–Crippen MR) is 77.4 cm³/mol. The van der Waals surface area contributed by atoms with Crippen molar-refractivity contribution in [2.75, 3.05) is 6.54 Å². The number of hydrogen-bond donors (Lipinski definition) is 3. The van der Waals surface area contributed by atoms with Crippen LogP contribution in [0.2, 0.25) is 0 Å². The molecule has 3 N–H and O–H groups in total. The van der Waals surface area contributed by atoms with E-state index in [0.717, 1.165) is 25.3 Å². The first kappa shape index (κ1) is 14.3. The van der Waals surface area contributed by atoms with Crippen LogP contribution in [0.3, 0.4) is 0 Å². The lowest BCUT2D eigenvalue weighted by Crippen LogP contribution is -2.43. The Balaban J connectivity index is 2.34. The van der Waals surface area contributed by atoms with E-state index in [2.05, 4.69) is 43.0 Å². The summed E-state index contributed by atoms with van der Waals surface area (Å²) in [5.74, 6) is 0.786. The first-order valence-corrected chi connectivity index (χ1v) is 6.83. The van der Waals surface area contributed by atoms with Crippen molar-refractivity contribution < 1.29 is 0 Å². The maximum absolute atomic E-state index is 5.09. The minimum absolute atomic E-state index is 0.411. The summed E-state index contributed by atoms with van der Waals surface area (Å²) in [4.78, 5) is 0. The summed E-state index contributed by atoms with van der Waals surface area (Å²) in [5.41, 5.74) is 7.86. The molecular weight excluding hydrogens is 230 g/mol. The van der Waals surface area contributed by atoms with Crippen molar-refractivity contribution in [1.82, 2.24) is 16.2 Å². The minimum Gasteiger partial charge on any atom is -0.362 e. The van der Waals surface area contributed by atoms with E-state index in [-0.39, 0.29) is 0 Å². The van der Waals surface area contributed by atoms with Crippen LogP contribution in [-0.2, 0) is 0 Å². The van der Waals surface area contributed by atoms with Crippen LogP contribution in [0, 0.1) is 11.3 Å². The molecular formula is C13H25N3S. The first-order valence-electron chi connectivity index (χ1n) is 6.42. The molecule has 0 heterocycles. The van der Waals surface area contributed by atoms with Gasteiger partial charge in [-0.2, -0.15) is 0 Å². The quantitative estimate of drug-likeness (QED) is 0.535. The number of allylic oxidation sites excluding steroid dienone is 2. The highest BCUT2D eigenvalue weighted by molar-refractivity contribution is 7.80. The maximum Gasteiger partial charge on any atom is 0.185 e. The lowest BCUT2D eigenvalue weighted by Gasteiger charge is -2.33. The Morgan fingerprint density at radius 2 is 2.18 bits per heavy atom. The molecule has 1 rings (SSSR count). The van der Waals surface area contributed by atoms with E-state index in [4.69, 9.17) is 12.2 Å². The molecule has 3 nitrogen and oxygen atoms in total. The number of thiocarbonyl (C=S) groups is 1. The molecule has 0 aromatic rings. The Bertz CT molecular complexity index is 292. The molecule has 0 aliphatic heterocycles. The highest BCUT2D eigenvalue weighted by Crippen LogP contribution is 2.36. The normalized spacial score (nSPS) is 20.5. The monoisotopic (exact) mass is 255 g/mol. The number of hydrazine groups is 1. The van der Waals surface area contributed by atoms with E-state index in [9.17, 15) is 0 Å². The molecule has 0 radical (unpaired) electrons. The van der Waals surface area contributed by atoms with Gasteiger partial charge in [0.15, 0.2) is 5.11 Å². The third-order valence-electron chi connectivity index (χ3n) is 3.31. The summed E-state index contributed by atoms with van der Waals surface area (Å²) >= 11 is 5.09. The molecule has 17 heavy (non-hydrogen) atoms. The van der Waals surface area contributed by atoms with Crippen LogP contribution in [0.4, 0.5) is 0 Å². The number of rotatable bonds is 3. The fourth-order valence-electron chi connectivity index (χ4n) is 2.08. The molecule has 98 valence electrons. The van der Waals surface area contributed by atoms with Crippen molar-refractivity contribution in [2.45, 2.75) is 47.0 Å². The zero-order chi connectivity index (χ0) is 12.9. The Morgan fingerprint density at radius 3 is 2.65 bits per heavy atom. The predicted octanol–water partition coefficient (Wildman–Crippen LogP) is 2.71. The molecule has 1 aliphatic rings. The Hall–Kier alpha value is -0.770. The largest absolute Gasteiger partial charge is 0.362 e. The molecule has 0 aromatic carbocycles. The highest BCUT2D eigenvalue weighted by Gasteiger charge is 2.26. The van der Waals surface area contributed by atoms with Crippen molar-refractivity contribution >= 4 is 17.3 Å². The fraction of sp³-hybridized carbons (Fsp3) is 0.769. The molecule has 0 amide bonds. The van der Waals surface area contributed by atoms with Gasteiger partial charge in [0.05, 0.1) is 0 Å². The van der Waals surface area contributed by atoms with Crippen LogP contribution in [0.1, 0.15) is 47.0 Å². The van der Waals surface area contributed by atoms with E-state index in [0.29, 0.717) is 10.5 Å². The number of nitrogens with one attached hydrogen (secondary N) is 3. The van der Waals surface area contributed by atoms with E-state index < -0.39 is 0 Å². The maximum atomic E-state index is 5.09. The molecule has 1 atom stereocenters. The Morgan fingerprint density at radius 1 is 1.47 bits per heavy atom. The SMILES string of the molecule is CCNC(=S)NNC1=CC[C@@H](C(C)(C)C)CC1.